The maximum absolute atomic E-state index is 5.22. The molecule has 57 heavy (non-hydrogen) atoms. The highest BCUT2D eigenvalue weighted by Crippen LogP contribution is 2.41. The molecule has 0 spiro atoms. The maximum Gasteiger partial charge on any atom is 0.164 e. The molecule has 0 unspecified atom stereocenters. The Bertz CT molecular complexity index is 3280. The van der Waals surface area contributed by atoms with Gasteiger partial charge in [0.25, 0.3) is 0 Å². The number of para-hydroxylation sites is 1. The van der Waals surface area contributed by atoms with Gasteiger partial charge in [-0.25, -0.2) is 15.0 Å². The van der Waals surface area contributed by atoms with Crippen molar-refractivity contribution >= 4 is 43.4 Å². The summed E-state index contributed by atoms with van der Waals surface area (Å²) in [5.74, 6) is 1.88. The van der Waals surface area contributed by atoms with Crippen LogP contribution in [0, 0.1) is 0 Å². The second-order valence-electron chi connectivity index (χ2n) is 14.4. The minimum atomic E-state index is 0.621. The maximum atomic E-state index is 5.22. The molecule has 0 aliphatic rings. The van der Waals surface area contributed by atoms with E-state index < -0.39 is 0 Å². The van der Waals surface area contributed by atoms with Crippen molar-refractivity contribution in [3.05, 3.63) is 206 Å². The van der Waals surface area contributed by atoms with Crippen molar-refractivity contribution in [1.29, 1.82) is 0 Å². The van der Waals surface area contributed by atoms with Crippen LogP contribution in [0.25, 0.3) is 105 Å². The zero-order valence-corrected chi connectivity index (χ0v) is 30.9. The van der Waals surface area contributed by atoms with Gasteiger partial charge in [0, 0.05) is 32.8 Å². The van der Waals surface area contributed by atoms with Crippen molar-refractivity contribution in [2.75, 3.05) is 0 Å². The van der Waals surface area contributed by atoms with E-state index in [1.54, 1.807) is 0 Å². The minimum absolute atomic E-state index is 0.621. The van der Waals surface area contributed by atoms with Crippen molar-refractivity contribution < 1.29 is 0 Å². The average Bonchev–Trinajstić information content (AvgIpc) is 3.63. The third-order valence-corrected chi connectivity index (χ3v) is 11.0. The van der Waals surface area contributed by atoms with Gasteiger partial charge in [-0.3, -0.25) is 0 Å². The van der Waals surface area contributed by atoms with Crippen molar-refractivity contribution in [2.45, 2.75) is 0 Å². The van der Waals surface area contributed by atoms with Crippen LogP contribution in [0.2, 0.25) is 0 Å². The largest absolute Gasteiger partial charge is 0.309 e. The summed E-state index contributed by atoms with van der Waals surface area (Å²) < 4.78 is 2.41. The van der Waals surface area contributed by atoms with E-state index in [-0.39, 0.29) is 0 Å². The van der Waals surface area contributed by atoms with Gasteiger partial charge >= 0.3 is 0 Å². The molecule has 11 aromatic rings. The van der Waals surface area contributed by atoms with E-state index in [2.05, 4.69) is 193 Å². The zero-order chi connectivity index (χ0) is 37.7. The van der Waals surface area contributed by atoms with Crippen LogP contribution in [0.1, 0.15) is 0 Å². The Morgan fingerprint density at radius 3 is 1.58 bits per heavy atom. The van der Waals surface area contributed by atoms with Gasteiger partial charge in [-0.2, -0.15) is 0 Å². The highest BCUT2D eigenvalue weighted by molar-refractivity contribution is 6.16. The van der Waals surface area contributed by atoms with Gasteiger partial charge in [-0.05, 0) is 68.7 Å². The van der Waals surface area contributed by atoms with Crippen LogP contribution < -0.4 is 0 Å². The standard InChI is InChI=1S/C53H34N4/c1-3-15-37(16-4-1)45-23-13-25-48-50(45)46-22-11-12-24-47(46)57(48)49-34-43(33-42-20-9-10-21-44(42)49)53-55-51(38-17-5-2-6-18-38)54-52(56-53)39-29-26-36(27-30-39)41-31-28-35-14-7-8-19-40(35)32-41/h1-34H. The molecule has 9 aromatic carbocycles. The summed E-state index contributed by atoms with van der Waals surface area (Å²) >= 11 is 0. The molecule has 0 radical (unpaired) electrons. The number of hydrogen-bond acceptors (Lipinski definition) is 3. The van der Waals surface area contributed by atoms with Crippen LogP contribution in [0.15, 0.2) is 206 Å². The molecule has 4 nitrogen and oxygen atoms in total. The van der Waals surface area contributed by atoms with Crippen LogP contribution in [0.4, 0.5) is 0 Å². The third-order valence-electron chi connectivity index (χ3n) is 11.0. The van der Waals surface area contributed by atoms with Crippen LogP contribution in [0.3, 0.4) is 0 Å². The van der Waals surface area contributed by atoms with E-state index in [9.17, 15) is 0 Å². The molecule has 0 saturated carbocycles. The molecular weight excluding hydrogens is 693 g/mol. The summed E-state index contributed by atoms with van der Waals surface area (Å²) in [6.07, 6.45) is 0. The first-order chi connectivity index (χ1) is 28.2. The fourth-order valence-corrected chi connectivity index (χ4v) is 8.27. The minimum Gasteiger partial charge on any atom is -0.309 e. The highest BCUT2D eigenvalue weighted by atomic mass is 15.0. The lowest BCUT2D eigenvalue weighted by atomic mass is 9.99. The number of rotatable bonds is 6. The smallest absolute Gasteiger partial charge is 0.164 e. The Hall–Kier alpha value is -7.69. The molecule has 0 aliphatic heterocycles. The van der Waals surface area contributed by atoms with E-state index >= 15 is 0 Å². The van der Waals surface area contributed by atoms with Crippen LogP contribution >= 0.6 is 0 Å². The fourth-order valence-electron chi connectivity index (χ4n) is 8.27. The second kappa shape index (κ2) is 13.6. The van der Waals surface area contributed by atoms with Crippen molar-refractivity contribution in [3.8, 4) is 62.1 Å². The first kappa shape index (κ1) is 32.7. The lowest BCUT2D eigenvalue weighted by molar-refractivity contribution is 1.07. The van der Waals surface area contributed by atoms with Crippen LogP contribution in [-0.2, 0) is 0 Å². The summed E-state index contributed by atoms with van der Waals surface area (Å²) in [4.78, 5) is 15.5. The van der Waals surface area contributed by atoms with Gasteiger partial charge in [0.05, 0.1) is 16.7 Å². The van der Waals surface area contributed by atoms with Gasteiger partial charge < -0.3 is 4.57 Å². The predicted octanol–water partition coefficient (Wildman–Crippen LogP) is 13.6. The van der Waals surface area contributed by atoms with Gasteiger partial charge in [0.15, 0.2) is 17.5 Å². The van der Waals surface area contributed by atoms with E-state index in [0.717, 1.165) is 49.7 Å². The number of fused-ring (bicyclic) bond motifs is 5. The molecule has 0 bridgehead atoms. The zero-order valence-electron chi connectivity index (χ0n) is 30.9. The number of benzene rings is 9. The van der Waals surface area contributed by atoms with Gasteiger partial charge in [0.1, 0.15) is 0 Å². The Balaban J connectivity index is 1.10. The highest BCUT2D eigenvalue weighted by Gasteiger charge is 2.20. The number of nitrogens with zero attached hydrogens (tertiary/aromatic N) is 4. The molecule has 0 amide bonds. The first-order valence-electron chi connectivity index (χ1n) is 19.3. The molecule has 4 heteroatoms. The summed E-state index contributed by atoms with van der Waals surface area (Å²) in [5.41, 5.74) is 10.9. The summed E-state index contributed by atoms with van der Waals surface area (Å²) in [6.45, 7) is 0. The van der Waals surface area contributed by atoms with Crippen molar-refractivity contribution in [1.82, 2.24) is 19.5 Å². The van der Waals surface area contributed by atoms with Gasteiger partial charge in [-0.1, -0.05) is 176 Å². The summed E-state index contributed by atoms with van der Waals surface area (Å²) in [7, 11) is 0. The molecule has 0 fully saturated rings. The normalized spacial score (nSPS) is 11.5. The molecule has 11 rings (SSSR count). The fraction of sp³-hybridized carbons (Fsp3) is 0. The first-order valence-corrected chi connectivity index (χ1v) is 19.3. The predicted molar refractivity (Wildman–Crippen MR) is 236 cm³/mol. The van der Waals surface area contributed by atoms with Crippen LogP contribution in [-0.4, -0.2) is 19.5 Å². The average molecular weight is 727 g/mol. The Morgan fingerprint density at radius 2 is 0.825 bits per heavy atom. The molecular formula is C53H34N4. The molecule has 0 saturated heterocycles. The topological polar surface area (TPSA) is 43.6 Å². The van der Waals surface area contributed by atoms with Gasteiger partial charge in [0.2, 0.25) is 0 Å². The molecule has 2 aromatic heterocycles. The molecule has 0 atom stereocenters. The Morgan fingerprint density at radius 1 is 0.298 bits per heavy atom. The molecule has 2 heterocycles. The quantitative estimate of drug-likeness (QED) is 0.171. The van der Waals surface area contributed by atoms with Crippen molar-refractivity contribution in [3.63, 3.8) is 0 Å². The van der Waals surface area contributed by atoms with E-state index in [1.807, 2.05) is 18.2 Å². The second-order valence-corrected chi connectivity index (χ2v) is 14.4. The van der Waals surface area contributed by atoms with E-state index in [4.69, 9.17) is 15.0 Å². The number of aromatic nitrogens is 4. The number of hydrogen-bond donors (Lipinski definition) is 0. The monoisotopic (exact) mass is 726 g/mol. The van der Waals surface area contributed by atoms with Gasteiger partial charge in [-0.15, -0.1) is 0 Å². The molecule has 266 valence electrons. The third kappa shape index (κ3) is 5.74. The molecule has 0 N–H and O–H groups in total. The van der Waals surface area contributed by atoms with Crippen LogP contribution in [0.5, 0.6) is 0 Å². The van der Waals surface area contributed by atoms with E-state index in [1.165, 1.54) is 38.2 Å². The SMILES string of the molecule is c1ccc(-c2nc(-c3ccc(-c4ccc5ccccc5c4)cc3)nc(-c3cc(-n4c5ccccc5c5c(-c6ccccc6)cccc54)c4ccccc4c3)n2)cc1. The lowest BCUT2D eigenvalue weighted by Crippen LogP contribution is -2.02. The molecule has 0 aliphatic carbocycles. The Labute approximate surface area is 330 Å². The lowest BCUT2D eigenvalue weighted by Gasteiger charge is -2.15. The summed E-state index contributed by atoms with van der Waals surface area (Å²) in [5, 5.41) is 7.16. The van der Waals surface area contributed by atoms with E-state index in [0.29, 0.717) is 17.5 Å². The Kier molecular flexibility index (Phi) is 7.78. The van der Waals surface area contributed by atoms with Crippen molar-refractivity contribution in [2.24, 2.45) is 0 Å². The summed E-state index contributed by atoms with van der Waals surface area (Å²) in [6, 6.07) is 72.9.